The molecular weight excluding hydrogens is 255 g/mol. The first-order valence-electron chi connectivity index (χ1n) is 7.28. The Morgan fingerprint density at radius 2 is 1.75 bits per heavy atom. The van der Waals surface area contributed by atoms with Crippen LogP contribution in [0.3, 0.4) is 0 Å². The van der Waals surface area contributed by atoms with Crippen LogP contribution in [0.15, 0.2) is 24.3 Å². The Balaban J connectivity index is 1.84. The van der Waals surface area contributed by atoms with E-state index in [-0.39, 0.29) is 11.3 Å². The van der Waals surface area contributed by atoms with Gasteiger partial charge in [0.1, 0.15) is 5.82 Å². The van der Waals surface area contributed by atoms with Crippen molar-refractivity contribution in [2.45, 2.75) is 13.8 Å². The summed E-state index contributed by atoms with van der Waals surface area (Å²) in [6.45, 7) is 9.60. The molecule has 0 spiro atoms. The highest BCUT2D eigenvalue weighted by Gasteiger charge is 2.20. The Kier molecular flexibility index (Phi) is 5.26. The van der Waals surface area contributed by atoms with Gasteiger partial charge in [0.2, 0.25) is 0 Å². The molecule has 0 atom stereocenters. The van der Waals surface area contributed by atoms with Crippen LogP contribution in [0, 0.1) is 11.7 Å². The van der Waals surface area contributed by atoms with Crippen molar-refractivity contribution in [1.82, 2.24) is 9.80 Å². The Bertz CT molecular complexity index is 454. The average Bonchev–Trinajstić information content (AvgIpc) is 2.41. The second-order valence-electron chi connectivity index (χ2n) is 5.87. The molecule has 0 aliphatic carbocycles. The van der Waals surface area contributed by atoms with Crippen LogP contribution in [-0.2, 0) is 0 Å². The number of halogens is 1. The first-order chi connectivity index (χ1) is 9.56. The molecule has 20 heavy (non-hydrogen) atoms. The van der Waals surface area contributed by atoms with Crippen LogP contribution >= 0.6 is 0 Å². The fourth-order valence-corrected chi connectivity index (χ4v) is 2.62. The van der Waals surface area contributed by atoms with Gasteiger partial charge in [0.05, 0.1) is 12.1 Å². The lowest BCUT2D eigenvalue weighted by atomic mass is 10.1. The summed E-state index contributed by atoms with van der Waals surface area (Å²) < 4.78 is 13.6. The van der Waals surface area contributed by atoms with Gasteiger partial charge in [-0.2, -0.15) is 0 Å². The molecule has 1 aromatic carbocycles. The number of hydrogen-bond donors (Lipinski definition) is 0. The highest BCUT2D eigenvalue weighted by atomic mass is 19.1. The zero-order valence-corrected chi connectivity index (χ0v) is 12.3. The predicted molar refractivity (Wildman–Crippen MR) is 78.4 cm³/mol. The number of carbonyl (C=O) groups excluding carboxylic acids is 1. The van der Waals surface area contributed by atoms with E-state index in [0.717, 1.165) is 32.7 Å². The van der Waals surface area contributed by atoms with Gasteiger partial charge in [-0.15, -0.1) is 0 Å². The lowest BCUT2D eigenvalue weighted by molar-refractivity contribution is 0.0834. The smallest absolute Gasteiger partial charge is 0.179 e. The summed E-state index contributed by atoms with van der Waals surface area (Å²) >= 11 is 0. The number of rotatable bonds is 5. The van der Waals surface area contributed by atoms with E-state index in [4.69, 9.17) is 0 Å². The first kappa shape index (κ1) is 15.1. The van der Waals surface area contributed by atoms with Crippen molar-refractivity contribution in [3.05, 3.63) is 35.6 Å². The maximum atomic E-state index is 13.6. The van der Waals surface area contributed by atoms with E-state index in [9.17, 15) is 9.18 Å². The van der Waals surface area contributed by atoms with Crippen molar-refractivity contribution in [2.75, 3.05) is 39.3 Å². The largest absolute Gasteiger partial charge is 0.301 e. The minimum atomic E-state index is -0.420. The van der Waals surface area contributed by atoms with Gasteiger partial charge in [-0.25, -0.2) is 4.39 Å². The first-order valence-corrected chi connectivity index (χ1v) is 7.28. The highest BCUT2D eigenvalue weighted by molar-refractivity contribution is 5.97. The molecule has 0 radical (unpaired) electrons. The van der Waals surface area contributed by atoms with Crippen LogP contribution in [0.4, 0.5) is 4.39 Å². The van der Waals surface area contributed by atoms with Crippen molar-refractivity contribution < 1.29 is 9.18 Å². The van der Waals surface area contributed by atoms with Gasteiger partial charge in [0.15, 0.2) is 5.78 Å². The summed E-state index contributed by atoms with van der Waals surface area (Å²) in [6, 6.07) is 6.22. The molecule has 3 nitrogen and oxygen atoms in total. The monoisotopic (exact) mass is 278 g/mol. The molecule has 0 saturated carbocycles. The molecule has 0 N–H and O–H groups in total. The van der Waals surface area contributed by atoms with Gasteiger partial charge in [0.25, 0.3) is 0 Å². The molecule has 1 aliphatic rings. The lowest BCUT2D eigenvalue weighted by Gasteiger charge is -2.35. The van der Waals surface area contributed by atoms with Gasteiger partial charge >= 0.3 is 0 Å². The fraction of sp³-hybridized carbons (Fsp3) is 0.562. The minimum Gasteiger partial charge on any atom is -0.301 e. The molecule has 1 saturated heterocycles. The van der Waals surface area contributed by atoms with Gasteiger partial charge in [-0.05, 0) is 18.1 Å². The predicted octanol–water partition coefficient (Wildman–Crippen LogP) is 2.28. The standard InChI is InChI=1S/C16H23FN2O/c1-13(2)11-18-7-9-19(10-8-18)12-16(20)14-5-3-4-6-15(14)17/h3-6,13H,7-12H2,1-2H3. The molecule has 0 aromatic heterocycles. The maximum Gasteiger partial charge on any atom is 0.179 e. The van der Waals surface area contributed by atoms with E-state index < -0.39 is 5.82 Å². The Hall–Kier alpha value is -1.26. The number of hydrogen-bond acceptors (Lipinski definition) is 3. The molecule has 0 amide bonds. The number of benzene rings is 1. The van der Waals surface area contributed by atoms with Gasteiger partial charge in [-0.3, -0.25) is 9.69 Å². The second-order valence-corrected chi connectivity index (χ2v) is 5.87. The molecule has 1 fully saturated rings. The summed E-state index contributed by atoms with van der Waals surface area (Å²) in [5, 5.41) is 0. The summed E-state index contributed by atoms with van der Waals surface area (Å²) in [7, 11) is 0. The van der Waals surface area contributed by atoms with Crippen LogP contribution in [0.1, 0.15) is 24.2 Å². The summed E-state index contributed by atoms with van der Waals surface area (Å²) in [4.78, 5) is 16.6. The molecule has 1 heterocycles. The van der Waals surface area contributed by atoms with Crippen molar-refractivity contribution in [3.8, 4) is 0 Å². The normalized spacial score (nSPS) is 17.6. The average molecular weight is 278 g/mol. The fourth-order valence-electron chi connectivity index (χ4n) is 2.62. The van der Waals surface area contributed by atoms with Crippen LogP contribution < -0.4 is 0 Å². The molecule has 2 rings (SSSR count). The quantitative estimate of drug-likeness (QED) is 0.772. The lowest BCUT2D eigenvalue weighted by Crippen LogP contribution is -2.48. The van der Waals surface area contributed by atoms with Gasteiger partial charge in [-0.1, -0.05) is 26.0 Å². The minimum absolute atomic E-state index is 0.125. The zero-order valence-electron chi connectivity index (χ0n) is 12.3. The molecular formula is C16H23FN2O. The number of nitrogens with zero attached hydrogens (tertiary/aromatic N) is 2. The van der Waals surface area contributed by atoms with Crippen molar-refractivity contribution in [3.63, 3.8) is 0 Å². The Morgan fingerprint density at radius 3 is 2.35 bits per heavy atom. The van der Waals surface area contributed by atoms with Crippen LogP contribution in [0.5, 0.6) is 0 Å². The Morgan fingerprint density at radius 1 is 1.15 bits per heavy atom. The van der Waals surface area contributed by atoms with Crippen LogP contribution in [0.2, 0.25) is 0 Å². The molecule has 4 heteroatoms. The van der Waals surface area contributed by atoms with Crippen molar-refractivity contribution >= 4 is 5.78 Å². The molecule has 1 aromatic rings. The SMILES string of the molecule is CC(C)CN1CCN(CC(=O)c2ccccc2F)CC1. The number of piperazine rings is 1. The third-order valence-corrected chi connectivity index (χ3v) is 3.63. The van der Waals surface area contributed by atoms with Crippen molar-refractivity contribution in [2.24, 2.45) is 5.92 Å². The van der Waals surface area contributed by atoms with Crippen LogP contribution in [-0.4, -0.2) is 54.9 Å². The number of carbonyl (C=O) groups is 1. The third-order valence-electron chi connectivity index (χ3n) is 3.63. The summed E-state index contributed by atoms with van der Waals surface area (Å²) in [6.07, 6.45) is 0. The summed E-state index contributed by atoms with van der Waals surface area (Å²) in [5.74, 6) is 0.123. The van der Waals surface area contributed by atoms with E-state index in [0.29, 0.717) is 12.5 Å². The molecule has 0 unspecified atom stereocenters. The van der Waals surface area contributed by atoms with E-state index in [1.54, 1.807) is 18.2 Å². The van der Waals surface area contributed by atoms with Gasteiger partial charge < -0.3 is 4.90 Å². The van der Waals surface area contributed by atoms with Crippen LogP contribution in [0.25, 0.3) is 0 Å². The molecule has 1 aliphatic heterocycles. The van der Waals surface area contributed by atoms with E-state index in [2.05, 4.69) is 23.6 Å². The van der Waals surface area contributed by atoms with E-state index in [1.807, 2.05) is 0 Å². The molecule has 0 bridgehead atoms. The Labute approximate surface area is 120 Å². The summed E-state index contributed by atoms with van der Waals surface area (Å²) in [5.41, 5.74) is 0.206. The number of Topliss-reactive ketones (excluding diaryl/α,β-unsaturated/α-hetero) is 1. The third kappa shape index (κ3) is 4.12. The van der Waals surface area contributed by atoms with E-state index in [1.165, 1.54) is 6.07 Å². The van der Waals surface area contributed by atoms with Gasteiger partial charge in [0, 0.05) is 32.7 Å². The van der Waals surface area contributed by atoms with Crippen molar-refractivity contribution in [1.29, 1.82) is 0 Å². The number of ketones is 1. The molecule has 110 valence electrons. The highest BCUT2D eigenvalue weighted by Crippen LogP contribution is 2.10. The topological polar surface area (TPSA) is 23.6 Å². The maximum absolute atomic E-state index is 13.6. The second kappa shape index (κ2) is 6.95. The van der Waals surface area contributed by atoms with E-state index >= 15 is 0 Å². The zero-order chi connectivity index (χ0) is 14.5.